The highest BCUT2D eigenvalue weighted by Gasteiger charge is 1.98. The number of hydrogen-bond acceptors (Lipinski definition) is 2. The summed E-state index contributed by atoms with van der Waals surface area (Å²) in [5, 5.41) is 3.19. The lowest BCUT2D eigenvalue weighted by Crippen LogP contribution is -2.15. The third-order valence-electron chi connectivity index (χ3n) is 2.01. The molecular formula is C12H14N2O. The van der Waals surface area contributed by atoms with Gasteiger partial charge in [0.2, 0.25) is 5.91 Å². The van der Waals surface area contributed by atoms with Crippen LogP contribution in [0.4, 0.5) is 0 Å². The van der Waals surface area contributed by atoms with Crippen molar-refractivity contribution in [2.24, 2.45) is 5.73 Å². The Hall–Kier alpha value is -1.79. The van der Waals surface area contributed by atoms with Crippen molar-refractivity contribution in [1.29, 1.82) is 0 Å². The molecule has 1 aromatic carbocycles. The third-order valence-corrected chi connectivity index (χ3v) is 2.01. The Morgan fingerprint density at radius 3 is 2.60 bits per heavy atom. The average Bonchev–Trinajstić information content (AvgIpc) is 2.25. The van der Waals surface area contributed by atoms with Gasteiger partial charge in [-0.2, -0.15) is 0 Å². The molecule has 0 unspecified atom stereocenters. The van der Waals surface area contributed by atoms with Gasteiger partial charge >= 0.3 is 0 Å². The van der Waals surface area contributed by atoms with Gasteiger partial charge in [-0.15, -0.1) is 12.3 Å². The molecular weight excluding hydrogens is 188 g/mol. The zero-order chi connectivity index (χ0) is 11.1. The minimum absolute atomic E-state index is 0.401. The van der Waals surface area contributed by atoms with E-state index in [1.165, 1.54) is 0 Å². The monoisotopic (exact) mass is 202 g/mol. The summed E-state index contributed by atoms with van der Waals surface area (Å²) in [5.41, 5.74) is 6.77. The zero-order valence-electron chi connectivity index (χ0n) is 8.49. The highest BCUT2D eigenvalue weighted by molar-refractivity contribution is 5.92. The molecule has 0 bridgehead atoms. The van der Waals surface area contributed by atoms with Gasteiger partial charge in [0, 0.05) is 25.1 Å². The van der Waals surface area contributed by atoms with Crippen LogP contribution < -0.4 is 11.1 Å². The van der Waals surface area contributed by atoms with E-state index in [-0.39, 0.29) is 0 Å². The molecule has 1 aromatic rings. The molecule has 0 fully saturated rings. The van der Waals surface area contributed by atoms with Crippen molar-refractivity contribution in [1.82, 2.24) is 5.32 Å². The highest BCUT2D eigenvalue weighted by Crippen LogP contribution is 2.03. The van der Waals surface area contributed by atoms with Crippen LogP contribution in [0.3, 0.4) is 0 Å². The maximum atomic E-state index is 10.8. The van der Waals surface area contributed by atoms with Gasteiger partial charge in [0.1, 0.15) is 0 Å². The summed E-state index contributed by atoms with van der Waals surface area (Å²) in [6.07, 6.45) is 5.84. The Balaban J connectivity index is 2.43. The van der Waals surface area contributed by atoms with Crippen LogP contribution in [0, 0.1) is 12.3 Å². The molecule has 0 saturated heterocycles. The number of carbonyl (C=O) groups is 1. The summed E-state index contributed by atoms with van der Waals surface area (Å²) in [5.74, 6) is 2.15. The largest absolute Gasteiger partial charge is 0.366 e. The number of nitrogens with one attached hydrogen (secondary N) is 1. The van der Waals surface area contributed by atoms with E-state index in [1.54, 1.807) is 12.1 Å². The molecule has 0 aliphatic heterocycles. The van der Waals surface area contributed by atoms with E-state index >= 15 is 0 Å². The number of nitrogens with two attached hydrogens (primary N) is 1. The zero-order valence-corrected chi connectivity index (χ0v) is 8.49. The van der Waals surface area contributed by atoms with Crippen molar-refractivity contribution in [3.8, 4) is 12.3 Å². The standard InChI is InChI=1S/C12H14N2O/c1-2-3-8-14-9-10-4-6-11(7-5-10)12(13)15/h1,4-7,14H,3,8-9H2,(H2,13,15). The van der Waals surface area contributed by atoms with Gasteiger partial charge in [0.05, 0.1) is 0 Å². The number of hydrogen-bond donors (Lipinski definition) is 2. The minimum atomic E-state index is -0.401. The predicted octanol–water partition coefficient (Wildman–Crippen LogP) is 0.898. The Morgan fingerprint density at radius 1 is 1.40 bits per heavy atom. The SMILES string of the molecule is C#CCCNCc1ccc(C(N)=O)cc1. The van der Waals surface area contributed by atoms with E-state index in [0.717, 1.165) is 25.1 Å². The summed E-state index contributed by atoms with van der Waals surface area (Å²) in [7, 11) is 0. The first-order chi connectivity index (χ1) is 7.24. The van der Waals surface area contributed by atoms with E-state index in [2.05, 4.69) is 11.2 Å². The third kappa shape index (κ3) is 3.84. The smallest absolute Gasteiger partial charge is 0.248 e. The van der Waals surface area contributed by atoms with E-state index in [9.17, 15) is 4.79 Å². The van der Waals surface area contributed by atoms with Crippen LogP contribution in [0.2, 0.25) is 0 Å². The van der Waals surface area contributed by atoms with E-state index < -0.39 is 5.91 Å². The molecule has 0 aliphatic carbocycles. The Bertz CT molecular complexity index is 362. The van der Waals surface area contributed by atoms with Crippen molar-refractivity contribution in [3.05, 3.63) is 35.4 Å². The maximum Gasteiger partial charge on any atom is 0.248 e. The van der Waals surface area contributed by atoms with E-state index in [1.807, 2.05) is 12.1 Å². The number of amides is 1. The molecule has 0 heterocycles. The van der Waals surface area contributed by atoms with Crippen LogP contribution in [0.5, 0.6) is 0 Å². The number of primary amides is 1. The van der Waals surface area contributed by atoms with Gasteiger partial charge in [-0.25, -0.2) is 0 Å². The summed E-state index contributed by atoms with van der Waals surface area (Å²) < 4.78 is 0. The lowest BCUT2D eigenvalue weighted by atomic mass is 10.1. The van der Waals surface area contributed by atoms with Gasteiger partial charge in [-0.3, -0.25) is 4.79 Å². The van der Waals surface area contributed by atoms with Gasteiger partial charge < -0.3 is 11.1 Å². The molecule has 0 aromatic heterocycles. The molecule has 78 valence electrons. The fourth-order valence-electron chi connectivity index (χ4n) is 1.18. The van der Waals surface area contributed by atoms with Crippen LogP contribution in [0.15, 0.2) is 24.3 Å². The normalized spacial score (nSPS) is 9.53. The quantitative estimate of drug-likeness (QED) is 0.550. The average molecular weight is 202 g/mol. The molecule has 0 aliphatic rings. The molecule has 0 saturated carbocycles. The summed E-state index contributed by atoms with van der Waals surface area (Å²) in [6, 6.07) is 7.20. The lowest BCUT2D eigenvalue weighted by Gasteiger charge is -2.03. The Kier molecular flexibility index (Phi) is 4.39. The summed E-state index contributed by atoms with van der Waals surface area (Å²) >= 11 is 0. The highest BCUT2D eigenvalue weighted by atomic mass is 16.1. The first-order valence-electron chi connectivity index (χ1n) is 4.77. The van der Waals surface area contributed by atoms with E-state index in [0.29, 0.717) is 5.56 Å². The number of benzene rings is 1. The number of terminal acetylenes is 1. The fraction of sp³-hybridized carbons (Fsp3) is 0.250. The van der Waals surface area contributed by atoms with Gasteiger partial charge in [-0.1, -0.05) is 12.1 Å². The molecule has 3 N–H and O–H groups in total. The molecule has 0 radical (unpaired) electrons. The van der Waals surface area contributed by atoms with Crippen molar-refractivity contribution in [2.75, 3.05) is 6.54 Å². The van der Waals surface area contributed by atoms with Gasteiger partial charge in [-0.05, 0) is 17.7 Å². The molecule has 0 spiro atoms. The van der Waals surface area contributed by atoms with Crippen LogP contribution in [-0.4, -0.2) is 12.5 Å². The first kappa shape index (κ1) is 11.3. The van der Waals surface area contributed by atoms with Crippen molar-refractivity contribution >= 4 is 5.91 Å². The fourth-order valence-corrected chi connectivity index (χ4v) is 1.18. The molecule has 0 atom stereocenters. The van der Waals surface area contributed by atoms with Crippen molar-refractivity contribution in [2.45, 2.75) is 13.0 Å². The second kappa shape index (κ2) is 5.84. The molecule has 15 heavy (non-hydrogen) atoms. The lowest BCUT2D eigenvalue weighted by molar-refractivity contribution is 0.100. The van der Waals surface area contributed by atoms with Crippen molar-refractivity contribution < 1.29 is 4.79 Å². The van der Waals surface area contributed by atoms with Crippen LogP contribution >= 0.6 is 0 Å². The Labute approximate surface area is 89.7 Å². The second-order valence-corrected chi connectivity index (χ2v) is 3.19. The minimum Gasteiger partial charge on any atom is -0.366 e. The molecule has 3 nitrogen and oxygen atoms in total. The maximum absolute atomic E-state index is 10.8. The van der Waals surface area contributed by atoms with Gasteiger partial charge in [0.15, 0.2) is 0 Å². The topological polar surface area (TPSA) is 55.1 Å². The number of rotatable bonds is 5. The summed E-state index contributed by atoms with van der Waals surface area (Å²) in [4.78, 5) is 10.8. The summed E-state index contributed by atoms with van der Waals surface area (Å²) in [6.45, 7) is 1.55. The van der Waals surface area contributed by atoms with Gasteiger partial charge in [0.25, 0.3) is 0 Å². The molecule has 1 amide bonds. The number of carbonyl (C=O) groups excluding carboxylic acids is 1. The molecule has 3 heteroatoms. The predicted molar refractivity (Wildman–Crippen MR) is 60.1 cm³/mol. The first-order valence-corrected chi connectivity index (χ1v) is 4.77. The van der Waals surface area contributed by atoms with Crippen molar-refractivity contribution in [3.63, 3.8) is 0 Å². The van der Waals surface area contributed by atoms with Crippen LogP contribution in [0.1, 0.15) is 22.3 Å². The second-order valence-electron chi connectivity index (χ2n) is 3.19. The molecule has 1 rings (SSSR count). The van der Waals surface area contributed by atoms with Crippen LogP contribution in [-0.2, 0) is 6.54 Å². The Morgan fingerprint density at radius 2 is 2.07 bits per heavy atom. The van der Waals surface area contributed by atoms with Crippen LogP contribution in [0.25, 0.3) is 0 Å². The van der Waals surface area contributed by atoms with E-state index in [4.69, 9.17) is 12.2 Å².